The minimum atomic E-state index is -0.311. The molecule has 0 spiro atoms. The molecule has 4 heteroatoms. The zero-order chi connectivity index (χ0) is 13.2. The fourth-order valence-electron chi connectivity index (χ4n) is 2.83. The Labute approximate surface area is 112 Å². The normalized spacial score (nSPS) is 16.7. The summed E-state index contributed by atoms with van der Waals surface area (Å²) in [7, 11) is 0. The maximum absolute atomic E-state index is 14.2. The molecule has 100 valence electrons. The SMILES string of the molecule is Nc1cc(F)c(NC2CCCCC2)c2ncccc12. The van der Waals surface area contributed by atoms with Crippen LogP contribution < -0.4 is 11.1 Å². The van der Waals surface area contributed by atoms with Crippen LogP contribution in [0, 0.1) is 5.82 Å². The second kappa shape index (κ2) is 5.03. The van der Waals surface area contributed by atoms with Crippen molar-refractivity contribution < 1.29 is 4.39 Å². The molecule has 0 aliphatic heterocycles. The number of aromatic nitrogens is 1. The summed E-state index contributed by atoms with van der Waals surface area (Å²) in [6, 6.07) is 5.43. The molecule has 0 bridgehead atoms. The molecule has 1 aromatic heterocycles. The standard InChI is InChI=1S/C15H18FN3/c16-12-9-13(17)11-7-4-8-18-14(11)15(12)19-10-5-2-1-3-6-10/h4,7-10,19H,1-3,5-6,17H2. The number of fused-ring (bicyclic) bond motifs is 1. The van der Waals surface area contributed by atoms with E-state index in [-0.39, 0.29) is 5.82 Å². The number of pyridine rings is 1. The number of benzene rings is 1. The second-order valence-electron chi connectivity index (χ2n) is 5.20. The van der Waals surface area contributed by atoms with Gasteiger partial charge >= 0.3 is 0 Å². The van der Waals surface area contributed by atoms with E-state index in [0.29, 0.717) is 22.9 Å². The summed E-state index contributed by atoms with van der Waals surface area (Å²) in [6.07, 6.45) is 7.56. The Kier molecular flexibility index (Phi) is 3.23. The van der Waals surface area contributed by atoms with Crippen LogP contribution in [0.1, 0.15) is 32.1 Å². The van der Waals surface area contributed by atoms with Crippen LogP contribution in [0.25, 0.3) is 10.9 Å². The van der Waals surface area contributed by atoms with Gasteiger partial charge in [0.1, 0.15) is 0 Å². The van der Waals surface area contributed by atoms with Crippen LogP contribution in [-0.4, -0.2) is 11.0 Å². The lowest BCUT2D eigenvalue weighted by molar-refractivity contribution is 0.461. The van der Waals surface area contributed by atoms with Gasteiger partial charge < -0.3 is 11.1 Å². The van der Waals surface area contributed by atoms with E-state index in [2.05, 4.69) is 10.3 Å². The Balaban J connectivity index is 2.01. The number of nitrogens with zero attached hydrogens (tertiary/aromatic N) is 1. The first-order valence-electron chi connectivity index (χ1n) is 6.85. The molecule has 0 unspecified atom stereocenters. The van der Waals surface area contributed by atoms with Gasteiger partial charge in [-0.2, -0.15) is 0 Å². The van der Waals surface area contributed by atoms with Crippen LogP contribution in [0.4, 0.5) is 15.8 Å². The number of halogens is 1. The van der Waals surface area contributed by atoms with Crippen LogP contribution in [0.3, 0.4) is 0 Å². The number of nitrogens with one attached hydrogen (secondary N) is 1. The van der Waals surface area contributed by atoms with Gasteiger partial charge in [-0.1, -0.05) is 19.3 Å². The average Bonchev–Trinajstić information content (AvgIpc) is 2.45. The molecule has 1 heterocycles. The summed E-state index contributed by atoms with van der Waals surface area (Å²) >= 11 is 0. The Hall–Kier alpha value is -1.84. The molecule has 1 saturated carbocycles. The highest BCUT2D eigenvalue weighted by Crippen LogP contribution is 2.31. The highest BCUT2D eigenvalue weighted by atomic mass is 19.1. The Morgan fingerprint density at radius 1 is 1.26 bits per heavy atom. The van der Waals surface area contributed by atoms with E-state index in [1.807, 2.05) is 12.1 Å². The van der Waals surface area contributed by atoms with Crippen LogP contribution in [0.15, 0.2) is 24.4 Å². The smallest absolute Gasteiger partial charge is 0.150 e. The van der Waals surface area contributed by atoms with Gasteiger partial charge in [0.15, 0.2) is 5.82 Å². The predicted octanol–water partition coefficient (Wildman–Crippen LogP) is 3.70. The number of hydrogen-bond donors (Lipinski definition) is 2. The molecule has 1 aromatic carbocycles. The fourth-order valence-corrected chi connectivity index (χ4v) is 2.83. The highest BCUT2D eigenvalue weighted by molar-refractivity contribution is 5.98. The van der Waals surface area contributed by atoms with E-state index in [4.69, 9.17) is 5.73 Å². The van der Waals surface area contributed by atoms with Crippen molar-refractivity contribution in [1.82, 2.24) is 4.98 Å². The van der Waals surface area contributed by atoms with Crippen molar-refractivity contribution in [3.63, 3.8) is 0 Å². The van der Waals surface area contributed by atoms with Crippen molar-refractivity contribution in [3.8, 4) is 0 Å². The van der Waals surface area contributed by atoms with E-state index in [1.165, 1.54) is 25.3 Å². The van der Waals surface area contributed by atoms with Crippen LogP contribution >= 0.6 is 0 Å². The van der Waals surface area contributed by atoms with Crippen molar-refractivity contribution in [2.24, 2.45) is 0 Å². The van der Waals surface area contributed by atoms with Crippen molar-refractivity contribution in [2.75, 3.05) is 11.1 Å². The van der Waals surface area contributed by atoms with Crippen molar-refractivity contribution in [3.05, 3.63) is 30.2 Å². The van der Waals surface area contributed by atoms with E-state index >= 15 is 0 Å². The summed E-state index contributed by atoms with van der Waals surface area (Å²) in [5.74, 6) is -0.311. The molecule has 3 N–H and O–H groups in total. The molecule has 0 amide bonds. The fraction of sp³-hybridized carbons (Fsp3) is 0.400. The summed E-state index contributed by atoms with van der Waals surface area (Å²) in [5, 5.41) is 4.13. The molecule has 3 nitrogen and oxygen atoms in total. The molecular formula is C15H18FN3. The first-order valence-corrected chi connectivity index (χ1v) is 6.85. The van der Waals surface area contributed by atoms with Crippen molar-refractivity contribution in [2.45, 2.75) is 38.1 Å². The Bertz CT molecular complexity index is 591. The highest BCUT2D eigenvalue weighted by Gasteiger charge is 2.18. The van der Waals surface area contributed by atoms with Crippen LogP contribution in [0.2, 0.25) is 0 Å². The zero-order valence-corrected chi connectivity index (χ0v) is 10.8. The molecule has 19 heavy (non-hydrogen) atoms. The molecule has 0 saturated heterocycles. The number of hydrogen-bond acceptors (Lipinski definition) is 3. The van der Waals surface area contributed by atoms with Gasteiger partial charge in [-0.15, -0.1) is 0 Å². The number of nitrogens with two attached hydrogens (primary N) is 1. The topological polar surface area (TPSA) is 50.9 Å². The molecule has 2 aromatic rings. The minimum Gasteiger partial charge on any atom is -0.398 e. The summed E-state index contributed by atoms with van der Waals surface area (Å²) in [5.41, 5.74) is 7.42. The minimum absolute atomic E-state index is 0.311. The van der Waals surface area contributed by atoms with E-state index in [9.17, 15) is 4.39 Å². The third-order valence-electron chi connectivity index (χ3n) is 3.83. The predicted molar refractivity (Wildman–Crippen MR) is 76.6 cm³/mol. The maximum atomic E-state index is 14.2. The maximum Gasteiger partial charge on any atom is 0.150 e. The lowest BCUT2D eigenvalue weighted by atomic mass is 9.95. The quantitative estimate of drug-likeness (QED) is 0.808. The first kappa shape index (κ1) is 12.2. The van der Waals surface area contributed by atoms with Gasteiger partial charge in [0.25, 0.3) is 0 Å². The van der Waals surface area contributed by atoms with E-state index in [0.717, 1.165) is 18.2 Å². The molecule has 0 radical (unpaired) electrons. The monoisotopic (exact) mass is 259 g/mol. The van der Waals surface area contributed by atoms with Gasteiger partial charge in [-0.05, 0) is 31.0 Å². The van der Waals surface area contributed by atoms with Gasteiger partial charge in [0.2, 0.25) is 0 Å². The van der Waals surface area contributed by atoms with Gasteiger partial charge in [0, 0.05) is 23.3 Å². The molecule has 0 atom stereocenters. The van der Waals surface area contributed by atoms with Crippen molar-refractivity contribution >= 4 is 22.3 Å². The Morgan fingerprint density at radius 2 is 2.05 bits per heavy atom. The van der Waals surface area contributed by atoms with Gasteiger partial charge in [0.05, 0.1) is 11.2 Å². The lowest BCUT2D eigenvalue weighted by Gasteiger charge is -2.24. The first-order chi connectivity index (χ1) is 9.25. The van der Waals surface area contributed by atoms with Crippen LogP contribution in [-0.2, 0) is 0 Å². The van der Waals surface area contributed by atoms with Crippen molar-refractivity contribution in [1.29, 1.82) is 0 Å². The average molecular weight is 259 g/mol. The molecule has 3 rings (SSSR count). The van der Waals surface area contributed by atoms with E-state index < -0.39 is 0 Å². The molecule has 1 aliphatic rings. The number of anilines is 2. The summed E-state index contributed by atoms with van der Waals surface area (Å²) < 4.78 is 14.2. The lowest BCUT2D eigenvalue weighted by Crippen LogP contribution is -2.23. The summed E-state index contributed by atoms with van der Waals surface area (Å²) in [4.78, 5) is 4.29. The molecule has 1 fully saturated rings. The Morgan fingerprint density at radius 3 is 2.84 bits per heavy atom. The number of rotatable bonds is 2. The summed E-state index contributed by atoms with van der Waals surface area (Å²) in [6.45, 7) is 0. The third kappa shape index (κ3) is 2.35. The molecule has 1 aliphatic carbocycles. The van der Waals surface area contributed by atoms with Gasteiger partial charge in [-0.3, -0.25) is 4.98 Å². The largest absolute Gasteiger partial charge is 0.398 e. The van der Waals surface area contributed by atoms with Gasteiger partial charge in [-0.25, -0.2) is 4.39 Å². The van der Waals surface area contributed by atoms with E-state index in [1.54, 1.807) is 6.20 Å². The zero-order valence-electron chi connectivity index (χ0n) is 10.8. The molecular weight excluding hydrogens is 241 g/mol. The second-order valence-corrected chi connectivity index (χ2v) is 5.20. The van der Waals surface area contributed by atoms with Crippen LogP contribution in [0.5, 0.6) is 0 Å². The third-order valence-corrected chi connectivity index (χ3v) is 3.83. The number of nitrogen functional groups attached to an aromatic ring is 1.